The zero-order valence-corrected chi connectivity index (χ0v) is 19.2. The van der Waals surface area contributed by atoms with Crippen LogP contribution in [-0.2, 0) is 11.2 Å². The molecule has 2 amide bonds. The van der Waals surface area contributed by atoms with E-state index >= 15 is 0 Å². The molecule has 5 nitrogen and oxygen atoms in total. The van der Waals surface area contributed by atoms with Crippen LogP contribution in [0.3, 0.4) is 0 Å². The number of hydrogen-bond acceptors (Lipinski definition) is 3. The van der Waals surface area contributed by atoms with Crippen molar-refractivity contribution in [2.45, 2.75) is 19.8 Å². The molecule has 1 saturated heterocycles. The number of para-hydroxylation sites is 1. The predicted molar refractivity (Wildman–Crippen MR) is 130 cm³/mol. The fraction of sp³-hybridized carbons (Fsp3) is 0.286. The molecule has 1 N–H and O–H groups in total. The van der Waals surface area contributed by atoms with Crippen LogP contribution in [0.1, 0.15) is 29.3 Å². The molecule has 0 radical (unpaired) electrons. The Morgan fingerprint density at radius 1 is 0.970 bits per heavy atom. The van der Waals surface area contributed by atoms with Gasteiger partial charge >= 0.3 is 0 Å². The lowest BCUT2D eigenvalue weighted by Crippen LogP contribution is -2.45. The number of likely N-dealkylation sites (tertiary alicyclic amines) is 1. The van der Waals surface area contributed by atoms with Crippen LogP contribution in [-0.4, -0.2) is 43.5 Å². The number of carbonyl (C=O) groups is 2. The zero-order chi connectivity index (χ0) is 23.3. The highest BCUT2D eigenvalue weighted by atomic mass is 16.5. The summed E-state index contributed by atoms with van der Waals surface area (Å²) in [6.45, 7) is 3.39. The summed E-state index contributed by atoms with van der Waals surface area (Å²) < 4.78 is 5.40. The van der Waals surface area contributed by atoms with Crippen molar-refractivity contribution in [1.29, 1.82) is 0 Å². The molecule has 33 heavy (non-hydrogen) atoms. The Bertz CT molecular complexity index is 1130. The lowest BCUT2D eigenvalue weighted by atomic mass is 9.78. The van der Waals surface area contributed by atoms with Gasteiger partial charge in [0, 0.05) is 19.6 Å². The summed E-state index contributed by atoms with van der Waals surface area (Å²) in [6.07, 6.45) is 1.18. The molecule has 4 rings (SSSR count). The second-order valence-electron chi connectivity index (χ2n) is 8.52. The van der Waals surface area contributed by atoms with Gasteiger partial charge < -0.3 is 15.0 Å². The topological polar surface area (TPSA) is 58.6 Å². The summed E-state index contributed by atoms with van der Waals surface area (Å²) in [5.74, 6) is 0.450. The minimum atomic E-state index is -0.682. The molecule has 170 valence electrons. The first kappa shape index (κ1) is 22.6. The molecule has 1 aliphatic heterocycles. The van der Waals surface area contributed by atoms with E-state index in [2.05, 4.69) is 29.6 Å². The van der Waals surface area contributed by atoms with Crippen LogP contribution in [0.25, 0.3) is 11.1 Å². The van der Waals surface area contributed by atoms with Gasteiger partial charge in [0.2, 0.25) is 5.91 Å². The first-order valence-corrected chi connectivity index (χ1v) is 11.4. The molecule has 0 unspecified atom stereocenters. The minimum absolute atomic E-state index is 0.00296. The first-order valence-electron chi connectivity index (χ1n) is 11.4. The first-order chi connectivity index (χ1) is 16.1. The Kier molecular flexibility index (Phi) is 6.78. The summed E-state index contributed by atoms with van der Waals surface area (Å²) in [4.78, 5) is 28.5. The highest BCUT2D eigenvalue weighted by Crippen LogP contribution is 2.38. The average molecular weight is 443 g/mol. The molecule has 1 aliphatic rings. The third-order valence-corrected chi connectivity index (χ3v) is 6.43. The number of carbonyl (C=O) groups excluding carboxylic acids is 2. The Morgan fingerprint density at radius 3 is 2.42 bits per heavy atom. The normalized spacial score (nSPS) is 17.6. The molecule has 0 spiro atoms. The Morgan fingerprint density at radius 2 is 1.67 bits per heavy atom. The van der Waals surface area contributed by atoms with Gasteiger partial charge in [0.1, 0.15) is 5.75 Å². The van der Waals surface area contributed by atoms with Gasteiger partial charge in [-0.15, -0.1) is 0 Å². The fourth-order valence-corrected chi connectivity index (χ4v) is 4.73. The van der Waals surface area contributed by atoms with E-state index in [1.165, 1.54) is 0 Å². The number of nitrogens with zero attached hydrogens (tertiary/aromatic N) is 1. The Labute approximate surface area is 195 Å². The fourth-order valence-electron chi connectivity index (χ4n) is 4.73. The van der Waals surface area contributed by atoms with E-state index in [4.69, 9.17) is 4.74 Å². The number of benzene rings is 3. The molecule has 1 heterocycles. The molecule has 3 aromatic rings. The molecule has 1 atom stereocenters. The monoisotopic (exact) mass is 442 g/mol. The Balaban J connectivity index is 1.66. The number of nitrogens with one attached hydrogen (secondary N) is 1. The maximum Gasteiger partial charge on any atom is 0.257 e. The molecule has 3 aromatic carbocycles. The second-order valence-corrected chi connectivity index (χ2v) is 8.52. The number of hydrogen-bond donors (Lipinski definition) is 1. The van der Waals surface area contributed by atoms with Gasteiger partial charge in [0.25, 0.3) is 5.91 Å². The summed E-state index contributed by atoms with van der Waals surface area (Å²) in [6, 6.07) is 25.7. The lowest BCUT2D eigenvalue weighted by Gasteiger charge is -2.29. The van der Waals surface area contributed by atoms with E-state index in [9.17, 15) is 9.59 Å². The zero-order valence-electron chi connectivity index (χ0n) is 19.2. The molecule has 0 bridgehead atoms. The molecular weight excluding hydrogens is 412 g/mol. The lowest BCUT2D eigenvalue weighted by molar-refractivity contribution is -0.130. The number of methoxy groups -OCH3 is 1. The third kappa shape index (κ3) is 4.63. The maximum atomic E-state index is 13.4. The summed E-state index contributed by atoms with van der Waals surface area (Å²) in [5, 5.41) is 3.03. The quantitative estimate of drug-likeness (QED) is 0.583. The third-order valence-electron chi connectivity index (χ3n) is 6.43. The largest absolute Gasteiger partial charge is 0.496 e. The van der Waals surface area contributed by atoms with Gasteiger partial charge in [0.05, 0.1) is 18.1 Å². The standard InChI is InChI=1S/C28H30N2O3/c1-3-29-27(32)28(19-22-13-7-8-14-23(22)21-11-5-4-6-12-21)17-18-30(20-28)26(31)24-15-9-10-16-25(24)33-2/h4-16H,3,17-20H2,1-2H3,(H,29,32)/t28-/m0/s1. The van der Waals surface area contributed by atoms with E-state index in [1.54, 1.807) is 24.1 Å². The van der Waals surface area contributed by atoms with Gasteiger partial charge in [-0.3, -0.25) is 9.59 Å². The second kappa shape index (κ2) is 9.90. The van der Waals surface area contributed by atoms with Crippen molar-refractivity contribution in [2.75, 3.05) is 26.7 Å². The van der Waals surface area contributed by atoms with Gasteiger partial charge in [-0.2, -0.15) is 0 Å². The van der Waals surface area contributed by atoms with Gasteiger partial charge in [-0.1, -0.05) is 66.7 Å². The van der Waals surface area contributed by atoms with E-state index in [1.807, 2.05) is 49.4 Å². The van der Waals surface area contributed by atoms with Crippen LogP contribution < -0.4 is 10.1 Å². The van der Waals surface area contributed by atoms with E-state index < -0.39 is 5.41 Å². The number of amides is 2. The van der Waals surface area contributed by atoms with Gasteiger partial charge in [-0.05, 0) is 48.6 Å². The highest BCUT2D eigenvalue weighted by Gasteiger charge is 2.46. The van der Waals surface area contributed by atoms with E-state index in [0.717, 1.165) is 16.7 Å². The van der Waals surface area contributed by atoms with Crippen molar-refractivity contribution >= 4 is 11.8 Å². The summed E-state index contributed by atoms with van der Waals surface area (Å²) in [5.41, 5.74) is 3.20. The van der Waals surface area contributed by atoms with Crippen molar-refractivity contribution in [3.8, 4) is 16.9 Å². The van der Waals surface area contributed by atoms with Crippen LogP contribution in [0.5, 0.6) is 5.75 Å². The summed E-state index contributed by atoms with van der Waals surface area (Å²) >= 11 is 0. The van der Waals surface area contributed by atoms with Crippen LogP contribution in [0, 0.1) is 5.41 Å². The predicted octanol–water partition coefficient (Wildman–Crippen LogP) is 4.57. The van der Waals surface area contributed by atoms with E-state index in [0.29, 0.717) is 43.8 Å². The van der Waals surface area contributed by atoms with Gasteiger partial charge in [0.15, 0.2) is 0 Å². The maximum absolute atomic E-state index is 13.4. The van der Waals surface area contributed by atoms with Crippen LogP contribution in [0.2, 0.25) is 0 Å². The molecule has 0 aliphatic carbocycles. The van der Waals surface area contributed by atoms with Crippen molar-refractivity contribution in [3.63, 3.8) is 0 Å². The van der Waals surface area contributed by atoms with Crippen molar-refractivity contribution in [2.24, 2.45) is 5.41 Å². The molecule has 1 fully saturated rings. The van der Waals surface area contributed by atoms with Crippen LogP contribution >= 0.6 is 0 Å². The van der Waals surface area contributed by atoms with Crippen LogP contribution in [0.4, 0.5) is 0 Å². The van der Waals surface area contributed by atoms with Gasteiger partial charge in [-0.25, -0.2) is 0 Å². The van der Waals surface area contributed by atoms with Crippen molar-refractivity contribution in [1.82, 2.24) is 10.2 Å². The Hall–Kier alpha value is -3.60. The number of ether oxygens (including phenoxy) is 1. The SMILES string of the molecule is CCNC(=O)[C@]1(Cc2ccccc2-c2ccccc2)CCN(C(=O)c2ccccc2OC)C1. The smallest absolute Gasteiger partial charge is 0.257 e. The molecule has 0 aromatic heterocycles. The highest BCUT2D eigenvalue weighted by molar-refractivity contribution is 5.98. The van der Waals surface area contributed by atoms with Crippen molar-refractivity contribution < 1.29 is 14.3 Å². The van der Waals surface area contributed by atoms with Crippen molar-refractivity contribution in [3.05, 3.63) is 90.0 Å². The molecular formula is C28H30N2O3. The average Bonchev–Trinajstić information content (AvgIpc) is 3.30. The molecule has 5 heteroatoms. The minimum Gasteiger partial charge on any atom is -0.496 e. The summed E-state index contributed by atoms with van der Waals surface area (Å²) in [7, 11) is 1.57. The number of rotatable bonds is 7. The van der Waals surface area contributed by atoms with E-state index in [-0.39, 0.29) is 11.8 Å². The van der Waals surface area contributed by atoms with Crippen LogP contribution in [0.15, 0.2) is 78.9 Å². The molecule has 0 saturated carbocycles.